The third kappa shape index (κ3) is 5.46. The van der Waals surface area contributed by atoms with Crippen LogP contribution in [0.5, 0.6) is 5.75 Å². The Bertz CT molecular complexity index is 1110. The molecule has 2 amide bonds. The van der Waals surface area contributed by atoms with Gasteiger partial charge in [-0.15, -0.1) is 17.9 Å². The predicted octanol–water partition coefficient (Wildman–Crippen LogP) is 4.97. The standard InChI is InChI=1S/C26H25ClN2O3S/c1-2-14-28(25(31)18-32-21-6-4-3-5-7-21)17-24(30)29-15-12-23-22(13-16-33-23)26(29)19-8-10-20(27)11-9-19/h2-11,13,16,26H,1,12,14-15,17-18H2. The second-order valence-corrected chi connectivity index (χ2v) is 9.19. The highest BCUT2D eigenvalue weighted by Crippen LogP contribution is 2.38. The number of thiophene rings is 1. The van der Waals surface area contributed by atoms with Crippen LogP contribution in [0.15, 0.2) is 78.7 Å². The largest absolute Gasteiger partial charge is 0.484 e. The molecule has 0 aliphatic carbocycles. The SMILES string of the molecule is C=CCN(CC(=O)N1CCc2sccc2C1c1ccc(Cl)cc1)C(=O)COc1ccccc1. The normalized spacial score (nSPS) is 14.9. The lowest BCUT2D eigenvalue weighted by Gasteiger charge is -2.37. The minimum atomic E-state index is -0.261. The number of para-hydroxylation sites is 1. The van der Waals surface area contributed by atoms with Gasteiger partial charge in [0, 0.05) is 23.0 Å². The fraction of sp³-hybridized carbons (Fsp3) is 0.231. The molecule has 2 aromatic carbocycles. The summed E-state index contributed by atoms with van der Waals surface area (Å²) in [5.41, 5.74) is 2.14. The predicted molar refractivity (Wildman–Crippen MR) is 132 cm³/mol. The molecule has 5 nitrogen and oxygen atoms in total. The van der Waals surface area contributed by atoms with Crippen LogP contribution in [0.4, 0.5) is 0 Å². The summed E-state index contributed by atoms with van der Waals surface area (Å²) in [4.78, 5) is 31.0. The Morgan fingerprint density at radius 2 is 1.91 bits per heavy atom. The zero-order chi connectivity index (χ0) is 23.2. The van der Waals surface area contributed by atoms with E-state index >= 15 is 0 Å². The maximum atomic E-state index is 13.5. The van der Waals surface area contributed by atoms with Crippen molar-refractivity contribution in [2.24, 2.45) is 0 Å². The summed E-state index contributed by atoms with van der Waals surface area (Å²) < 4.78 is 5.60. The van der Waals surface area contributed by atoms with Gasteiger partial charge in [0.25, 0.3) is 5.91 Å². The zero-order valence-corrected chi connectivity index (χ0v) is 19.7. The first kappa shape index (κ1) is 23.1. The van der Waals surface area contributed by atoms with E-state index < -0.39 is 0 Å². The molecule has 1 aliphatic rings. The van der Waals surface area contributed by atoms with Crippen LogP contribution in [0.3, 0.4) is 0 Å². The average Bonchev–Trinajstić information content (AvgIpc) is 3.32. The van der Waals surface area contributed by atoms with Crippen molar-refractivity contribution in [3.63, 3.8) is 0 Å². The number of hydrogen-bond donors (Lipinski definition) is 0. The van der Waals surface area contributed by atoms with Crippen molar-refractivity contribution in [3.05, 3.63) is 99.7 Å². The van der Waals surface area contributed by atoms with Crippen LogP contribution >= 0.6 is 22.9 Å². The van der Waals surface area contributed by atoms with Crippen molar-refractivity contribution in [1.29, 1.82) is 0 Å². The van der Waals surface area contributed by atoms with Gasteiger partial charge in [-0.3, -0.25) is 9.59 Å². The molecule has 7 heteroatoms. The number of halogens is 1. The highest BCUT2D eigenvalue weighted by molar-refractivity contribution is 7.10. The summed E-state index contributed by atoms with van der Waals surface area (Å²) in [6.45, 7) is 4.43. The van der Waals surface area contributed by atoms with Gasteiger partial charge in [0.15, 0.2) is 6.61 Å². The summed E-state index contributed by atoms with van der Waals surface area (Å²) in [5, 5.41) is 2.72. The molecule has 3 aromatic rings. The number of hydrogen-bond acceptors (Lipinski definition) is 4. The molecule has 170 valence electrons. The molecule has 0 spiro atoms. The lowest BCUT2D eigenvalue weighted by molar-refractivity contribution is -0.142. The molecule has 1 aromatic heterocycles. The van der Waals surface area contributed by atoms with E-state index in [1.807, 2.05) is 47.4 Å². The first-order chi connectivity index (χ1) is 16.1. The molecule has 0 saturated heterocycles. The highest BCUT2D eigenvalue weighted by Gasteiger charge is 2.33. The Morgan fingerprint density at radius 3 is 2.64 bits per heavy atom. The van der Waals surface area contributed by atoms with E-state index in [2.05, 4.69) is 18.0 Å². The molecule has 4 rings (SSSR count). The molecule has 1 atom stereocenters. The first-order valence-corrected chi connectivity index (χ1v) is 12.0. The van der Waals surface area contributed by atoms with E-state index in [0.717, 1.165) is 17.5 Å². The van der Waals surface area contributed by atoms with E-state index in [4.69, 9.17) is 16.3 Å². The van der Waals surface area contributed by atoms with Crippen LogP contribution in [0.1, 0.15) is 22.0 Å². The van der Waals surface area contributed by atoms with Gasteiger partial charge < -0.3 is 14.5 Å². The Hall–Kier alpha value is -3.09. The molecule has 2 heterocycles. The van der Waals surface area contributed by atoms with Gasteiger partial charge in [-0.05, 0) is 53.3 Å². The molecule has 33 heavy (non-hydrogen) atoms. The van der Waals surface area contributed by atoms with Crippen LogP contribution in [0.25, 0.3) is 0 Å². The Morgan fingerprint density at radius 1 is 1.15 bits per heavy atom. The van der Waals surface area contributed by atoms with Gasteiger partial charge >= 0.3 is 0 Å². The van der Waals surface area contributed by atoms with Crippen molar-refractivity contribution in [2.75, 3.05) is 26.2 Å². The number of nitrogens with zero attached hydrogens (tertiary/aromatic N) is 2. The summed E-state index contributed by atoms with van der Waals surface area (Å²) >= 11 is 7.81. The molecule has 0 fully saturated rings. The quantitative estimate of drug-likeness (QED) is 0.428. The Kier molecular flexibility index (Phi) is 7.47. The van der Waals surface area contributed by atoms with Crippen molar-refractivity contribution in [1.82, 2.24) is 9.80 Å². The fourth-order valence-corrected chi connectivity index (χ4v) is 5.04. The van der Waals surface area contributed by atoms with Gasteiger partial charge in [0.05, 0.1) is 6.04 Å². The zero-order valence-electron chi connectivity index (χ0n) is 18.2. The van der Waals surface area contributed by atoms with E-state index in [1.54, 1.807) is 29.5 Å². The number of carbonyl (C=O) groups is 2. The van der Waals surface area contributed by atoms with Crippen LogP contribution in [-0.4, -0.2) is 47.9 Å². The molecule has 0 bridgehead atoms. The second-order valence-electron chi connectivity index (χ2n) is 7.76. The molecule has 0 radical (unpaired) electrons. The van der Waals surface area contributed by atoms with Gasteiger partial charge in [-0.2, -0.15) is 0 Å². The smallest absolute Gasteiger partial charge is 0.261 e. The first-order valence-electron chi connectivity index (χ1n) is 10.7. The molecular weight excluding hydrogens is 456 g/mol. The number of benzene rings is 2. The Labute approximate surface area is 202 Å². The molecular formula is C26H25ClN2O3S. The average molecular weight is 481 g/mol. The van der Waals surface area contributed by atoms with E-state index in [1.165, 1.54) is 9.78 Å². The third-order valence-corrected chi connectivity index (χ3v) is 6.85. The molecule has 0 saturated carbocycles. The number of amides is 2. The minimum absolute atomic E-state index is 0.0352. The topological polar surface area (TPSA) is 49.9 Å². The van der Waals surface area contributed by atoms with E-state index in [0.29, 0.717) is 17.3 Å². The molecule has 1 aliphatic heterocycles. The van der Waals surface area contributed by atoms with E-state index in [9.17, 15) is 9.59 Å². The fourth-order valence-electron chi connectivity index (χ4n) is 4.01. The summed E-state index contributed by atoms with van der Waals surface area (Å²) in [5.74, 6) is 0.240. The van der Waals surface area contributed by atoms with Crippen LogP contribution in [-0.2, 0) is 16.0 Å². The number of ether oxygens (including phenoxy) is 1. The lowest BCUT2D eigenvalue weighted by atomic mass is 9.93. The van der Waals surface area contributed by atoms with E-state index in [-0.39, 0.29) is 37.6 Å². The summed E-state index contributed by atoms with van der Waals surface area (Å²) in [6.07, 6.45) is 2.42. The summed E-state index contributed by atoms with van der Waals surface area (Å²) in [7, 11) is 0. The van der Waals surface area contributed by atoms with Crippen molar-refractivity contribution >= 4 is 34.8 Å². The number of carbonyl (C=O) groups excluding carboxylic acids is 2. The highest BCUT2D eigenvalue weighted by atomic mass is 35.5. The van der Waals surface area contributed by atoms with Crippen molar-refractivity contribution in [3.8, 4) is 5.75 Å². The van der Waals surface area contributed by atoms with Crippen molar-refractivity contribution in [2.45, 2.75) is 12.5 Å². The van der Waals surface area contributed by atoms with Crippen molar-refractivity contribution < 1.29 is 14.3 Å². The van der Waals surface area contributed by atoms with Crippen LogP contribution < -0.4 is 4.74 Å². The third-order valence-electron chi connectivity index (χ3n) is 5.61. The lowest BCUT2D eigenvalue weighted by Crippen LogP contribution is -2.47. The van der Waals surface area contributed by atoms with Crippen LogP contribution in [0.2, 0.25) is 5.02 Å². The minimum Gasteiger partial charge on any atom is -0.484 e. The maximum absolute atomic E-state index is 13.5. The van der Waals surface area contributed by atoms with Gasteiger partial charge in [-0.1, -0.05) is 48.0 Å². The Balaban J connectivity index is 1.51. The van der Waals surface area contributed by atoms with Crippen LogP contribution in [0, 0.1) is 0 Å². The van der Waals surface area contributed by atoms with Gasteiger partial charge in [0.1, 0.15) is 12.3 Å². The van der Waals surface area contributed by atoms with Gasteiger partial charge in [0.2, 0.25) is 5.91 Å². The second kappa shape index (κ2) is 10.7. The molecule has 0 N–H and O–H groups in total. The monoisotopic (exact) mass is 480 g/mol. The number of rotatable bonds is 8. The van der Waals surface area contributed by atoms with Gasteiger partial charge in [-0.25, -0.2) is 0 Å². The molecule has 1 unspecified atom stereocenters. The number of fused-ring (bicyclic) bond motifs is 1. The summed E-state index contributed by atoms with van der Waals surface area (Å²) in [6, 6.07) is 18.6. The maximum Gasteiger partial charge on any atom is 0.261 e.